The maximum Gasteiger partial charge on any atom is 0.242 e. The third-order valence-electron chi connectivity index (χ3n) is 4.11. The van der Waals surface area contributed by atoms with Gasteiger partial charge < -0.3 is 15.0 Å². The molecule has 0 radical (unpaired) electrons. The molecule has 152 valence electrons. The van der Waals surface area contributed by atoms with E-state index < -0.39 is 22.0 Å². The summed E-state index contributed by atoms with van der Waals surface area (Å²) in [5, 5.41) is 2.78. The third kappa shape index (κ3) is 8.06. The summed E-state index contributed by atoms with van der Waals surface area (Å²) >= 11 is 0. The quantitative estimate of drug-likeness (QED) is 0.545. The van der Waals surface area contributed by atoms with E-state index >= 15 is 0 Å². The number of methoxy groups -OCH3 is 1. The van der Waals surface area contributed by atoms with Crippen LogP contribution in [0, 0.1) is 0 Å². The summed E-state index contributed by atoms with van der Waals surface area (Å²) in [4.78, 5) is 26.6. The number of hydrogen-bond acceptors (Lipinski definition) is 5. The van der Waals surface area contributed by atoms with Crippen LogP contribution in [0.4, 0.5) is 0 Å². The first-order valence-electron chi connectivity index (χ1n) is 8.68. The standard InChI is InChI=1S/C18H29N3O5S/c1-15(18(23)19-11-8-12-26-3)21(13-16-9-6-5-7-10-16)17(22)14-20(2)27(4,24)25/h5-7,9-10,15H,8,11-14H2,1-4H3,(H,19,23). The van der Waals surface area contributed by atoms with E-state index in [1.165, 1.54) is 11.9 Å². The SMILES string of the molecule is COCCCNC(=O)C(C)N(Cc1ccccc1)C(=O)CN(C)S(C)(=O)=O. The van der Waals surface area contributed by atoms with Crippen LogP contribution in [0.3, 0.4) is 0 Å². The van der Waals surface area contributed by atoms with E-state index in [1.54, 1.807) is 14.0 Å². The predicted molar refractivity (Wildman–Crippen MR) is 103 cm³/mol. The van der Waals surface area contributed by atoms with E-state index in [1.807, 2.05) is 30.3 Å². The van der Waals surface area contributed by atoms with Crippen LogP contribution in [0.2, 0.25) is 0 Å². The van der Waals surface area contributed by atoms with Gasteiger partial charge in [-0.05, 0) is 18.9 Å². The van der Waals surface area contributed by atoms with E-state index in [4.69, 9.17) is 4.74 Å². The second-order valence-electron chi connectivity index (χ2n) is 6.34. The number of nitrogens with zero attached hydrogens (tertiary/aromatic N) is 2. The normalized spacial score (nSPS) is 12.6. The second kappa shape index (κ2) is 11.0. The molecule has 0 spiro atoms. The Morgan fingerprint density at radius 2 is 1.85 bits per heavy atom. The minimum absolute atomic E-state index is 0.212. The molecule has 0 fully saturated rings. The van der Waals surface area contributed by atoms with Crippen molar-refractivity contribution in [2.75, 3.05) is 40.1 Å². The molecule has 27 heavy (non-hydrogen) atoms. The van der Waals surface area contributed by atoms with Gasteiger partial charge in [-0.3, -0.25) is 9.59 Å². The smallest absolute Gasteiger partial charge is 0.242 e. The van der Waals surface area contributed by atoms with Crippen LogP contribution in [0.1, 0.15) is 18.9 Å². The van der Waals surface area contributed by atoms with Crippen LogP contribution in [0.15, 0.2) is 30.3 Å². The van der Waals surface area contributed by atoms with Gasteiger partial charge in [-0.2, -0.15) is 4.31 Å². The zero-order valence-corrected chi connectivity index (χ0v) is 17.2. The molecule has 0 aliphatic carbocycles. The number of rotatable bonds is 11. The van der Waals surface area contributed by atoms with Gasteiger partial charge in [0, 0.05) is 33.9 Å². The van der Waals surface area contributed by atoms with Gasteiger partial charge >= 0.3 is 0 Å². The van der Waals surface area contributed by atoms with E-state index in [-0.39, 0.29) is 19.0 Å². The molecule has 0 bridgehead atoms. The van der Waals surface area contributed by atoms with Crippen molar-refractivity contribution in [1.29, 1.82) is 0 Å². The molecule has 8 nitrogen and oxygen atoms in total. The van der Waals surface area contributed by atoms with Crippen LogP contribution in [0.25, 0.3) is 0 Å². The molecule has 1 aromatic carbocycles. The van der Waals surface area contributed by atoms with Gasteiger partial charge in [0.25, 0.3) is 0 Å². The summed E-state index contributed by atoms with van der Waals surface area (Å²) in [6, 6.07) is 8.51. The molecule has 9 heteroatoms. The van der Waals surface area contributed by atoms with Gasteiger partial charge in [0.1, 0.15) is 6.04 Å². The Kier molecular flexibility index (Phi) is 9.40. The number of benzene rings is 1. The Labute approximate surface area is 161 Å². The van der Waals surface area contributed by atoms with Crippen molar-refractivity contribution >= 4 is 21.8 Å². The van der Waals surface area contributed by atoms with E-state index in [9.17, 15) is 18.0 Å². The number of carbonyl (C=O) groups is 2. The van der Waals surface area contributed by atoms with Crippen molar-refractivity contribution in [3.05, 3.63) is 35.9 Å². The van der Waals surface area contributed by atoms with Gasteiger partial charge in [-0.1, -0.05) is 30.3 Å². The summed E-state index contributed by atoms with van der Waals surface area (Å²) < 4.78 is 29.2. The maximum atomic E-state index is 12.7. The molecule has 1 unspecified atom stereocenters. The first-order valence-corrected chi connectivity index (χ1v) is 10.5. The highest BCUT2D eigenvalue weighted by molar-refractivity contribution is 7.88. The Morgan fingerprint density at radius 3 is 2.41 bits per heavy atom. The number of sulfonamides is 1. The fourth-order valence-electron chi connectivity index (χ4n) is 2.34. The number of carbonyl (C=O) groups excluding carboxylic acids is 2. The van der Waals surface area contributed by atoms with E-state index in [0.29, 0.717) is 19.6 Å². The lowest BCUT2D eigenvalue weighted by molar-refractivity contribution is -0.140. The third-order valence-corrected chi connectivity index (χ3v) is 5.37. The molecular formula is C18H29N3O5S. The van der Waals surface area contributed by atoms with Gasteiger partial charge in [0.05, 0.1) is 12.8 Å². The zero-order chi connectivity index (χ0) is 20.4. The van der Waals surface area contributed by atoms with Crippen LogP contribution in [0.5, 0.6) is 0 Å². The average Bonchev–Trinajstić information content (AvgIpc) is 2.62. The molecule has 0 aliphatic rings. The molecule has 1 rings (SSSR count). The molecule has 0 saturated heterocycles. The lowest BCUT2D eigenvalue weighted by atomic mass is 10.1. The predicted octanol–water partition coefficient (Wildman–Crippen LogP) is 0.448. The van der Waals surface area contributed by atoms with Crippen LogP contribution in [-0.4, -0.2) is 75.6 Å². The highest BCUT2D eigenvalue weighted by atomic mass is 32.2. The molecule has 0 heterocycles. The first kappa shape index (κ1) is 23.1. The lowest BCUT2D eigenvalue weighted by Crippen LogP contribution is -2.50. The molecular weight excluding hydrogens is 370 g/mol. The average molecular weight is 400 g/mol. The molecule has 1 aromatic rings. The highest BCUT2D eigenvalue weighted by Crippen LogP contribution is 2.10. The van der Waals surface area contributed by atoms with Crippen molar-refractivity contribution in [1.82, 2.24) is 14.5 Å². The highest BCUT2D eigenvalue weighted by Gasteiger charge is 2.28. The fourth-order valence-corrected chi connectivity index (χ4v) is 2.68. The minimum Gasteiger partial charge on any atom is -0.385 e. The van der Waals surface area contributed by atoms with Crippen molar-refractivity contribution in [3.8, 4) is 0 Å². The summed E-state index contributed by atoms with van der Waals surface area (Å²) in [5.74, 6) is -0.733. The van der Waals surface area contributed by atoms with E-state index in [0.717, 1.165) is 16.1 Å². The number of likely N-dealkylation sites (N-methyl/N-ethyl adjacent to an activating group) is 1. The van der Waals surface area contributed by atoms with Gasteiger partial charge in [0.2, 0.25) is 21.8 Å². The van der Waals surface area contributed by atoms with Gasteiger partial charge in [0.15, 0.2) is 0 Å². The Morgan fingerprint density at radius 1 is 1.22 bits per heavy atom. The lowest BCUT2D eigenvalue weighted by Gasteiger charge is -2.30. The molecule has 1 N–H and O–H groups in total. The van der Waals surface area contributed by atoms with Crippen molar-refractivity contribution in [2.24, 2.45) is 0 Å². The maximum absolute atomic E-state index is 12.7. The van der Waals surface area contributed by atoms with Crippen LogP contribution >= 0.6 is 0 Å². The van der Waals surface area contributed by atoms with Gasteiger partial charge in [-0.15, -0.1) is 0 Å². The number of nitrogens with one attached hydrogen (secondary N) is 1. The van der Waals surface area contributed by atoms with Gasteiger partial charge in [-0.25, -0.2) is 8.42 Å². The molecule has 0 saturated carbocycles. The van der Waals surface area contributed by atoms with E-state index in [2.05, 4.69) is 5.32 Å². The first-order chi connectivity index (χ1) is 12.7. The Balaban J connectivity index is 2.89. The Bertz CT molecular complexity index is 709. The molecule has 0 aromatic heterocycles. The number of ether oxygens (including phenoxy) is 1. The zero-order valence-electron chi connectivity index (χ0n) is 16.3. The van der Waals surface area contributed by atoms with Crippen molar-refractivity contribution in [3.63, 3.8) is 0 Å². The van der Waals surface area contributed by atoms with Crippen LogP contribution < -0.4 is 5.32 Å². The topological polar surface area (TPSA) is 96.0 Å². The molecule has 0 aliphatic heterocycles. The summed E-state index contributed by atoms with van der Waals surface area (Å²) in [7, 11) is -0.576. The summed E-state index contributed by atoms with van der Waals surface area (Å²) in [6.07, 6.45) is 1.70. The molecule has 1 atom stereocenters. The monoisotopic (exact) mass is 399 g/mol. The minimum atomic E-state index is -3.50. The second-order valence-corrected chi connectivity index (χ2v) is 8.43. The number of amides is 2. The number of hydrogen-bond donors (Lipinski definition) is 1. The molecule has 2 amide bonds. The summed E-state index contributed by atoms with van der Waals surface area (Å²) in [5.41, 5.74) is 0.854. The largest absolute Gasteiger partial charge is 0.385 e. The van der Waals surface area contributed by atoms with Crippen LogP contribution in [-0.2, 0) is 30.9 Å². The Hall–Kier alpha value is -1.97. The summed E-state index contributed by atoms with van der Waals surface area (Å²) in [6.45, 7) is 2.48. The van der Waals surface area contributed by atoms with Crippen molar-refractivity contribution in [2.45, 2.75) is 25.9 Å². The fraction of sp³-hybridized carbons (Fsp3) is 0.556. The van der Waals surface area contributed by atoms with Crippen molar-refractivity contribution < 1.29 is 22.7 Å².